The first kappa shape index (κ1) is 14.4. The van der Waals surface area contributed by atoms with Gasteiger partial charge in [0.25, 0.3) is 0 Å². The van der Waals surface area contributed by atoms with E-state index in [2.05, 4.69) is 25.8 Å². The Balaban J connectivity index is 1.65. The van der Waals surface area contributed by atoms with Gasteiger partial charge in [0.1, 0.15) is 0 Å². The number of nitrogens with zero attached hydrogens (tertiary/aromatic N) is 2. The van der Waals surface area contributed by atoms with E-state index in [0.717, 1.165) is 42.0 Å². The average Bonchev–Trinajstić information content (AvgIpc) is 3.10. The Kier molecular flexibility index (Phi) is 3.95. The van der Waals surface area contributed by atoms with Crippen molar-refractivity contribution in [2.24, 2.45) is 0 Å². The number of aromatic amines is 1. The van der Waals surface area contributed by atoms with Crippen LogP contribution >= 0.6 is 0 Å². The van der Waals surface area contributed by atoms with Gasteiger partial charge in [0.2, 0.25) is 0 Å². The Morgan fingerprint density at radius 1 is 1.45 bits per heavy atom. The number of aromatic nitrogens is 3. The molecule has 0 spiro atoms. The molecule has 22 heavy (non-hydrogen) atoms. The molecule has 7 nitrogen and oxygen atoms in total. The second kappa shape index (κ2) is 6.05. The number of nitrogens with one attached hydrogen (secondary N) is 3. The maximum absolute atomic E-state index is 10.7. The first-order valence-corrected chi connectivity index (χ1v) is 7.34. The summed E-state index contributed by atoms with van der Waals surface area (Å²) in [6.07, 6.45) is 5.19. The van der Waals surface area contributed by atoms with Crippen molar-refractivity contribution in [3.8, 4) is 0 Å². The summed E-state index contributed by atoms with van der Waals surface area (Å²) in [5.74, 6) is 1.07. The van der Waals surface area contributed by atoms with Crippen LogP contribution in [0.15, 0.2) is 24.5 Å². The van der Waals surface area contributed by atoms with Gasteiger partial charge in [-0.1, -0.05) is 0 Å². The molecule has 2 heterocycles. The first-order chi connectivity index (χ1) is 10.6. The smallest absolute Gasteiger partial charge is 0.404 e. The van der Waals surface area contributed by atoms with Gasteiger partial charge in [0.15, 0.2) is 5.82 Å². The van der Waals surface area contributed by atoms with Crippen molar-refractivity contribution in [3.05, 3.63) is 35.8 Å². The Morgan fingerprint density at radius 2 is 2.32 bits per heavy atom. The molecule has 0 aliphatic heterocycles. The van der Waals surface area contributed by atoms with Crippen molar-refractivity contribution in [2.75, 3.05) is 5.32 Å². The average molecular weight is 301 g/mol. The normalized spacial score (nSPS) is 20.8. The number of carbonyl (C=O) groups is 1. The number of pyridine rings is 1. The quantitative estimate of drug-likeness (QED) is 0.695. The number of carboxylic acid groups (broad SMARTS) is 1. The molecule has 0 saturated heterocycles. The fourth-order valence-electron chi connectivity index (χ4n) is 2.91. The molecular weight excluding hydrogens is 282 g/mol. The molecule has 4 N–H and O–H groups in total. The summed E-state index contributed by atoms with van der Waals surface area (Å²) in [5.41, 5.74) is 3.07. The largest absolute Gasteiger partial charge is 0.465 e. The maximum Gasteiger partial charge on any atom is 0.404 e. The highest BCUT2D eigenvalue weighted by atomic mass is 16.4. The highest BCUT2D eigenvalue weighted by Gasteiger charge is 2.28. The van der Waals surface area contributed by atoms with Crippen molar-refractivity contribution in [2.45, 2.75) is 38.1 Å². The Bertz CT molecular complexity index is 669. The molecule has 116 valence electrons. The fraction of sp³-hybridized carbons (Fsp3) is 0.400. The lowest BCUT2D eigenvalue weighted by Gasteiger charge is -2.09. The van der Waals surface area contributed by atoms with Crippen LogP contribution in [-0.4, -0.2) is 32.4 Å². The molecule has 1 aliphatic rings. The van der Waals surface area contributed by atoms with E-state index in [0.29, 0.717) is 5.92 Å². The monoisotopic (exact) mass is 301 g/mol. The van der Waals surface area contributed by atoms with Crippen LogP contribution in [0.5, 0.6) is 0 Å². The molecular formula is C15H19N5O2. The molecule has 2 atom stereocenters. The van der Waals surface area contributed by atoms with E-state index in [1.54, 1.807) is 12.4 Å². The number of aryl methyl sites for hydroxylation is 1. The summed E-state index contributed by atoms with van der Waals surface area (Å²) < 4.78 is 0. The van der Waals surface area contributed by atoms with Crippen LogP contribution in [0.4, 0.5) is 16.3 Å². The van der Waals surface area contributed by atoms with Gasteiger partial charge in [-0.15, -0.1) is 0 Å². The van der Waals surface area contributed by atoms with Crippen LogP contribution in [0.3, 0.4) is 0 Å². The molecule has 3 rings (SSSR count). The number of amides is 1. The van der Waals surface area contributed by atoms with E-state index < -0.39 is 6.09 Å². The van der Waals surface area contributed by atoms with Crippen molar-refractivity contribution in [1.29, 1.82) is 0 Å². The third-order valence-corrected chi connectivity index (χ3v) is 4.10. The van der Waals surface area contributed by atoms with Gasteiger partial charge in [0, 0.05) is 29.9 Å². The molecule has 1 aliphatic carbocycles. The van der Waals surface area contributed by atoms with Crippen LogP contribution in [0, 0.1) is 6.92 Å². The molecule has 1 fully saturated rings. The van der Waals surface area contributed by atoms with E-state index in [-0.39, 0.29) is 6.04 Å². The van der Waals surface area contributed by atoms with Gasteiger partial charge in [-0.25, -0.2) is 4.79 Å². The molecule has 2 aromatic rings. The molecule has 0 aromatic carbocycles. The molecule has 1 amide bonds. The van der Waals surface area contributed by atoms with Gasteiger partial charge < -0.3 is 15.7 Å². The van der Waals surface area contributed by atoms with Gasteiger partial charge in [-0.3, -0.25) is 10.1 Å². The van der Waals surface area contributed by atoms with Crippen LogP contribution in [-0.2, 0) is 0 Å². The minimum absolute atomic E-state index is 0.0303. The third kappa shape index (κ3) is 3.19. The number of hydrogen-bond acceptors (Lipinski definition) is 4. The van der Waals surface area contributed by atoms with Crippen molar-refractivity contribution >= 4 is 17.6 Å². The lowest BCUT2D eigenvalue weighted by molar-refractivity contribution is 0.190. The van der Waals surface area contributed by atoms with Crippen LogP contribution in [0.25, 0.3) is 0 Å². The van der Waals surface area contributed by atoms with E-state index >= 15 is 0 Å². The highest BCUT2D eigenvalue weighted by Crippen LogP contribution is 2.34. The van der Waals surface area contributed by atoms with Crippen LogP contribution < -0.4 is 10.6 Å². The van der Waals surface area contributed by atoms with Gasteiger partial charge in [-0.2, -0.15) is 5.10 Å². The Labute approximate surface area is 128 Å². The van der Waals surface area contributed by atoms with Gasteiger partial charge in [0.05, 0.1) is 11.9 Å². The summed E-state index contributed by atoms with van der Waals surface area (Å²) in [6, 6.07) is 3.96. The maximum atomic E-state index is 10.7. The zero-order valence-electron chi connectivity index (χ0n) is 12.3. The lowest BCUT2D eigenvalue weighted by Crippen LogP contribution is -2.31. The summed E-state index contributed by atoms with van der Waals surface area (Å²) in [5, 5.41) is 21.9. The second-order valence-electron chi connectivity index (χ2n) is 5.68. The molecule has 7 heteroatoms. The summed E-state index contributed by atoms with van der Waals surface area (Å²) in [6.45, 7) is 2.01. The molecule has 2 aromatic heterocycles. The van der Waals surface area contributed by atoms with Gasteiger partial charge >= 0.3 is 6.09 Å². The Hall–Kier alpha value is -2.57. The van der Waals surface area contributed by atoms with Crippen molar-refractivity contribution in [3.63, 3.8) is 0 Å². The minimum atomic E-state index is -0.954. The number of rotatable bonds is 4. The molecule has 0 bridgehead atoms. The highest BCUT2D eigenvalue weighted by molar-refractivity contribution is 5.65. The van der Waals surface area contributed by atoms with Crippen molar-refractivity contribution in [1.82, 2.24) is 20.5 Å². The minimum Gasteiger partial charge on any atom is -0.465 e. The zero-order chi connectivity index (χ0) is 15.5. The first-order valence-electron chi connectivity index (χ1n) is 7.34. The van der Waals surface area contributed by atoms with Crippen LogP contribution in [0.1, 0.15) is 36.4 Å². The Morgan fingerprint density at radius 3 is 3.09 bits per heavy atom. The number of anilines is 2. The fourth-order valence-corrected chi connectivity index (χ4v) is 2.91. The molecule has 0 radical (unpaired) electrons. The predicted molar refractivity (Wildman–Crippen MR) is 82.4 cm³/mol. The summed E-state index contributed by atoms with van der Waals surface area (Å²) >= 11 is 0. The standard InChI is InChI=1S/C15H19N5O2/c1-9-4-5-16-8-13(9)18-14-7-12(19-20-14)10-2-3-11(6-10)17-15(21)22/h4-5,7-8,10-11,17H,2-3,6H2,1H3,(H,21,22)(H2,18,19,20). The molecule has 2 unspecified atom stereocenters. The molecule has 1 saturated carbocycles. The van der Waals surface area contributed by atoms with E-state index in [4.69, 9.17) is 5.11 Å². The summed E-state index contributed by atoms with van der Waals surface area (Å²) in [4.78, 5) is 14.8. The third-order valence-electron chi connectivity index (χ3n) is 4.10. The second-order valence-corrected chi connectivity index (χ2v) is 5.68. The van der Waals surface area contributed by atoms with Crippen molar-refractivity contribution < 1.29 is 9.90 Å². The predicted octanol–water partition coefficient (Wildman–Crippen LogP) is 2.76. The van der Waals surface area contributed by atoms with E-state index in [9.17, 15) is 4.79 Å². The van der Waals surface area contributed by atoms with E-state index in [1.807, 2.05) is 19.1 Å². The number of hydrogen-bond donors (Lipinski definition) is 4. The van der Waals surface area contributed by atoms with Crippen LogP contribution in [0.2, 0.25) is 0 Å². The summed E-state index contributed by atoms with van der Waals surface area (Å²) in [7, 11) is 0. The lowest BCUT2D eigenvalue weighted by atomic mass is 10.0. The zero-order valence-corrected chi connectivity index (χ0v) is 12.3. The number of H-pyrrole nitrogens is 1. The van der Waals surface area contributed by atoms with E-state index in [1.165, 1.54) is 0 Å². The topological polar surface area (TPSA) is 103 Å². The SMILES string of the molecule is Cc1ccncc1Nc1cc(C2CCC(NC(=O)O)C2)[nH]n1. The van der Waals surface area contributed by atoms with Gasteiger partial charge in [-0.05, 0) is 37.8 Å².